The number of aliphatic imine (C=N–C) groups is 1. The molecule has 0 unspecified atom stereocenters. The van der Waals surface area contributed by atoms with Crippen molar-refractivity contribution >= 4 is 35.8 Å². The maximum absolute atomic E-state index is 11.9. The van der Waals surface area contributed by atoms with Crippen LogP contribution in [0.4, 0.5) is 0 Å². The SMILES string of the molecule is CN=C(NCC(=O)NCc1ccco1)NCc1ccc(CN2CCCC2)cc1.I. The number of hydrogen-bond donors (Lipinski definition) is 3. The zero-order chi connectivity index (χ0) is 19.6. The molecule has 158 valence electrons. The lowest BCUT2D eigenvalue weighted by Gasteiger charge is -2.15. The van der Waals surface area contributed by atoms with Gasteiger partial charge in [0.05, 0.1) is 19.4 Å². The lowest BCUT2D eigenvalue weighted by Crippen LogP contribution is -2.42. The monoisotopic (exact) mass is 511 g/mol. The highest BCUT2D eigenvalue weighted by molar-refractivity contribution is 14.0. The summed E-state index contributed by atoms with van der Waals surface area (Å²) in [6, 6.07) is 12.3. The molecule has 2 heterocycles. The Kier molecular flexibility index (Phi) is 9.99. The Morgan fingerprint density at radius 3 is 2.41 bits per heavy atom. The van der Waals surface area contributed by atoms with Crippen LogP contribution in [0.15, 0.2) is 52.1 Å². The quantitative estimate of drug-likeness (QED) is 0.288. The van der Waals surface area contributed by atoms with E-state index in [2.05, 4.69) is 50.1 Å². The first-order valence-corrected chi connectivity index (χ1v) is 9.77. The molecule has 3 rings (SSSR count). The molecule has 1 aliphatic heterocycles. The summed E-state index contributed by atoms with van der Waals surface area (Å²) in [6.45, 7) is 4.63. The van der Waals surface area contributed by atoms with Crippen molar-refractivity contribution in [1.29, 1.82) is 0 Å². The summed E-state index contributed by atoms with van der Waals surface area (Å²) in [5.74, 6) is 1.20. The summed E-state index contributed by atoms with van der Waals surface area (Å²) in [7, 11) is 1.69. The molecule has 0 bridgehead atoms. The number of carbonyl (C=O) groups is 1. The molecule has 0 spiro atoms. The van der Waals surface area contributed by atoms with Gasteiger partial charge in [-0.15, -0.1) is 24.0 Å². The number of furan rings is 1. The van der Waals surface area contributed by atoms with Gasteiger partial charge in [-0.1, -0.05) is 24.3 Å². The summed E-state index contributed by atoms with van der Waals surface area (Å²) in [5, 5.41) is 9.04. The van der Waals surface area contributed by atoms with Crippen molar-refractivity contribution in [2.45, 2.75) is 32.5 Å². The molecular weight excluding hydrogens is 481 g/mol. The van der Waals surface area contributed by atoms with Crippen LogP contribution < -0.4 is 16.0 Å². The third-order valence-corrected chi connectivity index (χ3v) is 4.77. The standard InChI is InChI=1S/C21H29N5O2.HI/c1-22-21(25-15-20(27)23-14-19-5-4-12-28-19)24-13-17-6-8-18(9-7-17)16-26-10-2-3-11-26;/h4-9,12H,2-3,10-11,13-16H2,1H3,(H,23,27)(H2,22,24,25);1H. The molecule has 1 aliphatic rings. The van der Waals surface area contributed by atoms with Crippen LogP contribution in [0.2, 0.25) is 0 Å². The first kappa shape index (κ1) is 23.2. The van der Waals surface area contributed by atoms with Crippen molar-refractivity contribution in [1.82, 2.24) is 20.9 Å². The number of rotatable bonds is 8. The minimum absolute atomic E-state index is 0. The Labute approximate surface area is 189 Å². The summed E-state index contributed by atoms with van der Waals surface area (Å²) < 4.78 is 5.19. The van der Waals surface area contributed by atoms with E-state index in [1.807, 2.05) is 6.07 Å². The predicted molar refractivity (Wildman–Crippen MR) is 125 cm³/mol. The Morgan fingerprint density at radius 1 is 1.03 bits per heavy atom. The van der Waals surface area contributed by atoms with Crippen molar-refractivity contribution < 1.29 is 9.21 Å². The van der Waals surface area contributed by atoms with E-state index in [1.165, 1.54) is 37.1 Å². The number of likely N-dealkylation sites (tertiary alicyclic amines) is 1. The summed E-state index contributed by atoms with van der Waals surface area (Å²) >= 11 is 0. The summed E-state index contributed by atoms with van der Waals surface area (Å²) in [4.78, 5) is 18.6. The minimum Gasteiger partial charge on any atom is -0.467 e. The van der Waals surface area contributed by atoms with E-state index in [-0.39, 0.29) is 36.4 Å². The van der Waals surface area contributed by atoms with Gasteiger partial charge in [-0.3, -0.25) is 14.7 Å². The molecule has 3 N–H and O–H groups in total. The van der Waals surface area contributed by atoms with E-state index in [4.69, 9.17) is 4.42 Å². The van der Waals surface area contributed by atoms with Crippen molar-refractivity contribution in [3.63, 3.8) is 0 Å². The number of hydrogen-bond acceptors (Lipinski definition) is 4. The normalized spacial score (nSPS) is 14.3. The van der Waals surface area contributed by atoms with Gasteiger partial charge in [0.1, 0.15) is 5.76 Å². The van der Waals surface area contributed by atoms with Gasteiger partial charge in [0.2, 0.25) is 5.91 Å². The molecule has 0 saturated carbocycles. The number of carbonyl (C=O) groups excluding carboxylic acids is 1. The molecule has 0 radical (unpaired) electrons. The molecule has 29 heavy (non-hydrogen) atoms. The number of nitrogens with one attached hydrogen (secondary N) is 3. The smallest absolute Gasteiger partial charge is 0.239 e. The Hall–Kier alpha value is -2.07. The van der Waals surface area contributed by atoms with E-state index in [9.17, 15) is 4.79 Å². The van der Waals surface area contributed by atoms with Gasteiger partial charge >= 0.3 is 0 Å². The number of guanidine groups is 1. The predicted octanol–water partition coefficient (Wildman–Crippen LogP) is 2.47. The fourth-order valence-electron chi connectivity index (χ4n) is 3.19. The van der Waals surface area contributed by atoms with Crippen LogP contribution in [0.1, 0.15) is 29.7 Å². The van der Waals surface area contributed by atoms with Gasteiger partial charge in [0, 0.05) is 20.1 Å². The molecule has 1 aromatic heterocycles. The van der Waals surface area contributed by atoms with Crippen LogP contribution in [0.5, 0.6) is 0 Å². The number of benzene rings is 1. The maximum atomic E-state index is 11.9. The van der Waals surface area contributed by atoms with E-state index < -0.39 is 0 Å². The Morgan fingerprint density at radius 2 is 1.76 bits per heavy atom. The number of halogens is 1. The average Bonchev–Trinajstić information content (AvgIpc) is 3.42. The highest BCUT2D eigenvalue weighted by atomic mass is 127. The highest BCUT2D eigenvalue weighted by Gasteiger charge is 2.11. The molecule has 1 aromatic carbocycles. The number of amides is 1. The van der Waals surface area contributed by atoms with E-state index >= 15 is 0 Å². The van der Waals surface area contributed by atoms with Gasteiger partial charge in [-0.2, -0.15) is 0 Å². The summed E-state index contributed by atoms with van der Waals surface area (Å²) in [5.41, 5.74) is 2.52. The van der Waals surface area contributed by atoms with Gasteiger partial charge in [0.15, 0.2) is 5.96 Å². The average molecular weight is 511 g/mol. The number of nitrogens with zero attached hydrogens (tertiary/aromatic N) is 2. The zero-order valence-electron chi connectivity index (χ0n) is 16.8. The molecule has 0 atom stereocenters. The molecule has 1 saturated heterocycles. The zero-order valence-corrected chi connectivity index (χ0v) is 19.1. The van der Waals surface area contributed by atoms with Crippen molar-refractivity contribution in [2.75, 3.05) is 26.7 Å². The van der Waals surface area contributed by atoms with Crippen molar-refractivity contribution in [3.05, 3.63) is 59.5 Å². The van der Waals surface area contributed by atoms with E-state index in [0.717, 1.165) is 12.3 Å². The van der Waals surface area contributed by atoms with Crippen LogP contribution in [-0.2, 0) is 24.4 Å². The molecule has 8 heteroatoms. The molecule has 2 aromatic rings. The van der Waals surface area contributed by atoms with Gasteiger partial charge in [0.25, 0.3) is 0 Å². The Bertz CT molecular complexity index is 756. The first-order valence-electron chi connectivity index (χ1n) is 9.77. The van der Waals surface area contributed by atoms with Gasteiger partial charge in [-0.25, -0.2) is 0 Å². The molecule has 0 aliphatic carbocycles. The maximum Gasteiger partial charge on any atom is 0.239 e. The minimum atomic E-state index is -0.120. The van der Waals surface area contributed by atoms with Crippen LogP contribution in [-0.4, -0.2) is 43.4 Å². The molecule has 1 amide bonds. The topological polar surface area (TPSA) is 81.9 Å². The largest absolute Gasteiger partial charge is 0.467 e. The van der Waals surface area contributed by atoms with Crippen molar-refractivity contribution in [3.8, 4) is 0 Å². The first-order chi connectivity index (χ1) is 13.7. The second-order valence-electron chi connectivity index (χ2n) is 6.94. The molecule has 7 nitrogen and oxygen atoms in total. The third-order valence-electron chi connectivity index (χ3n) is 4.77. The summed E-state index contributed by atoms with van der Waals surface area (Å²) in [6.07, 6.45) is 4.22. The van der Waals surface area contributed by atoms with Crippen LogP contribution >= 0.6 is 24.0 Å². The van der Waals surface area contributed by atoms with Crippen LogP contribution in [0.3, 0.4) is 0 Å². The second-order valence-corrected chi connectivity index (χ2v) is 6.94. The van der Waals surface area contributed by atoms with Gasteiger partial charge < -0.3 is 20.4 Å². The fraction of sp³-hybridized carbons (Fsp3) is 0.429. The second kappa shape index (κ2) is 12.5. The third kappa shape index (κ3) is 8.06. The van der Waals surface area contributed by atoms with E-state index in [1.54, 1.807) is 19.4 Å². The van der Waals surface area contributed by atoms with Crippen LogP contribution in [0, 0.1) is 0 Å². The van der Waals surface area contributed by atoms with Crippen molar-refractivity contribution in [2.24, 2.45) is 4.99 Å². The lowest BCUT2D eigenvalue weighted by atomic mass is 10.1. The lowest BCUT2D eigenvalue weighted by molar-refractivity contribution is -0.120. The van der Waals surface area contributed by atoms with Gasteiger partial charge in [-0.05, 0) is 49.2 Å². The fourth-order valence-corrected chi connectivity index (χ4v) is 3.19. The molecular formula is C21H30IN5O2. The van der Waals surface area contributed by atoms with Crippen LogP contribution in [0.25, 0.3) is 0 Å². The molecule has 1 fully saturated rings. The highest BCUT2D eigenvalue weighted by Crippen LogP contribution is 2.13. The Balaban J connectivity index is 0.00000300. The van der Waals surface area contributed by atoms with E-state index in [0.29, 0.717) is 19.0 Å².